The minimum atomic E-state index is -0.205. The molecule has 1 aliphatic rings. The molecular weight excluding hydrogens is 371 g/mol. The van der Waals surface area contributed by atoms with E-state index in [1.54, 1.807) is 12.1 Å². The third kappa shape index (κ3) is 2.63. The van der Waals surface area contributed by atoms with Gasteiger partial charge in [-0.1, -0.05) is 50.1 Å². The Labute approximate surface area is 129 Å². The average Bonchev–Trinajstić information content (AvgIpc) is 2.88. The monoisotopic (exact) mass is 382 g/mol. The summed E-state index contributed by atoms with van der Waals surface area (Å²) in [6.07, 6.45) is 3.59. The SMILES string of the molecule is Fc1ccc(Br)c(C(Br)c2ccc3c(c2)CCC3)c1. The molecule has 0 heterocycles. The van der Waals surface area contributed by atoms with Crippen LogP contribution in [0.4, 0.5) is 4.39 Å². The van der Waals surface area contributed by atoms with Gasteiger partial charge in [0.05, 0.1) is 4.83 Å². The van der Waals surface area contributed by atoms with Crippen molar-refractivity contribution in [2.24, 2.45) is 0 Å². The van der Waals surface area contributed by atoms with Crippen LogP contribution in [0.1, 0.15) is 33.5 Å². The molecule has 0 fully saturated rings. The smallest absolute Gasteiger partial charge is 0.123 e. The third-order valence-corrected chi connectivity index (χ3v) is 5.39. The fraction of sp³-hybridized carbons (Fsp3) is 0.250. The lowest BCUT2D eigenvalue weighted by molar-refractivity contribution is 0.625. The van der Waals surface area contributed by atoms with E-state index in [2.05, 4.69) is 50.1 Å². The van der Waals surface area contributed by atoms with E-state index in [-0.39, 0.29) is 10.6 Å². The van der Waals surface area contributed by atoms with Crippen LogP contribution in [0.5, 0.6) is 0 Å². The summed E-state index contributed by atoms with van der Waals surface area (Å²) in [6, 6.07) is 11.4. The predicted molar refractivity (Wildman–Crippen MR) is 83.3 cm³/mol. The Morgan fingerprint density at radius 1 is 1.00 bits per heavy atom. The highest BCUT2D eigenvalue weighted by molar-refractivity contribution is 9.11. The molecule has 2 aromatic carbocycles. The van der Waals surface area contributed by atoms with Gasteiger partial charge >= 0.3 is 0 Å². The molecule has 0 spiro atoms. The van der Waals surface area contributed by atoms with Crippen LogP contribution in [0, 0.1) is 5.82 Å². The van der Waals surface area contributed by atoms with Crippen LogP contribution >= 0.6 is 31.9 Å². The summed E-state index contributed by atoms with van der Waals surface area (Å²) in [4.78, 5) is 0.0171. The Kier molecular flexibility index (Phi) is 3.77. The van der Waals surface area contributed by atoms with Gasteiger partial charge in [-0.3, -0.25) is 0 Å². The minimum Gasteiger partial charge on any atom is -0.207 e. The van der Waals surface area contributed by atoms with Crippen LogP contribution in [-0.2, 0) is 12.8 Å². The van der Waals surface area contributed by atoms with E-state index in [0.29, 0.717) is 0 Å². The first-order valence-electron chi connectivity index (χ1n) is 6.36. The second kappa shape index (κ2) is 5.37. The Balaban J connectivity index is 1.99. The normalized spacial score (nSPS) is 15.3. The maximum Gasteiger partial charge on any atom is 0.123 e. The van der Waals surface area contributed by atoms with Crippen LogP contribution in [-0.4, -0.2) is 0 Å². The lowest BCUT2D eigenvalue weighted by Crippen LogP contribution is -1.97. The van der Waals surface area contributed by atoms with Crippen LogP contribution < -0.4 is 0 Å². The van der Waals surface area contributed by atoms with Crippen LogP contribution in [0.2, 0.25) is 0 Å². The molecule has 0 aromatic heterocycles. The van der Waals surface area contributed by atoms with Crippen molar-refractivity contribution in [1.82, 2.24) is 0 Å². The summed E-state index contributed by atoms with van der Waals surface area (Å²) in [5.74, 6) is -0.205. The van der Waals surface area contributed by atoms with Gasteiger partial charge in [-0.15, -0.1) is 0 Å². The maximum atomic E-state index is 13.4. The molecule has 0 amide bonds. The molecule has 2 aromatic rings. The molecule has 0 radical (unpaired) electrons. The maximum absolute atomic E-state index is 13.4. The van der Waals surface area contributed by atoms with Crippen molar-refractivity contribution in [2.45, 2.75) is 24.1 Å². The van der Waals surface area contributed by atoms with Crippen molar-refractivity contribution in [2.75, 3.05) is 0 Å². The average molecular weight is 384 g/mol. The van der Waals surface area contributed by atoms with Crippen LogP contribution in [0.25, 0.3) is 0 Å². The van der Waals surface area contributed by atoms with Crippen molar-refractivity contribution < 1.29 is 4.39 Å². The van der Waals surface area contributed by atoms with Crippen molar-refractivity contribution in [3.8, 4) is 0 Å². The summed E-state index contributed by atoms with van der Waals surface area (Å²) in [5.41, 5.74) is 5.01. The number of fused-ring (bicyclic) bond motifs is 1. The molecular formula is C16H13Br2F. The molecule has 19 heavy (non-hydrogen) atoms. The molecule has 98 valence electrons. The number of hydrogen-bond acceptors (Lipinski definition) is 0. The summed E-state index contributed by atoms with van der Waals surface area (Å²) in [6.45, 7) is 0. The number of benzene rings is 2. The minimum absolute atomic E-state index is 0.0171. The molecule has 3 rings (SSSR count). The first-order chi connectivity index (χ1) is 9.15. The van der Waals surface area contributed by atoms with Crippen molar-refractivity contribution in [3.63, 3.8) is 0 Å². The molecule has 0 saturated carbocycles. The van der Waals surface area contributed by atoms with Gasteiger partial charge in [-0.25, -0.2) is 4.39 Å². The second-order valence-corrected chi connectivity index (χ2v) is 6.68. The Morgan fingerprint density at radius 2 is 1.79 bits per heavy atom. The molecule has 0 N–H and O–H groups in total. The van der Waals surface area contributed by atoms with Crippen LogP contribution in [0.3, 0.4) is 0 Å². The van der Waals surface area contributed by atoms with E-state index < -0.39 is 0 Å². The Morgan fingerprint density at radius 3 is 2.63 bits per heavy atom. The van der Waals surface area contributed by atoms with E-state index in [4.69, 9.17) is 0 Å². The summed E-state index contributed by atoms with van der Waals surface area (Å²) in [5, 5.41) is 0. The van der Waals surface area contributed by atoms with Crippen LogP contribution in [0.15, 0.2) is 40.9 Å². The Bertz CT molecular complexity index is 622. The summed E-state index contributed by atoms with van der Waals surface area (Å²) < 4.78 is 14.3. The third-order valence-electron chi connectivity index (χ3n) is 3.65. The van der Waals surface area contributed by atoms with Gasteiger partial charge in [0.25, 0.3) is 0 Å². The van der Waals surface area contributed by atoms with Gasteiger partial charge in [-0.05, 0) is 59.7 Å². The standard InChI is InChI=1S/C16H13Br2F/c17-15-7-6-13(19)9-14(15)16(18)12-5-4-10-2-1-3-11(10)8-12/h4-9,16H,1-3H2. The van der Waals surface area contributed by atoms with Gasteiger partial charge in [0.2, 0.25) is 0 Å². The van der Waals surface area contributed by atoms with E-state index in [1.807, 2.05) is 0 Å². The largest absolute Gasteiger partial charge is 0.207 e. The zero-order chi connectivity index (χ0) is 13.4. The van der Waals surface area contributed by atoms with E-state index in [9.17, 15) is 4.39 Å². The molecule has 0 bridgehead atoms. The zero-order valence-corrected chi connectivity index (χ0v) is 13.5. The second-order valence-electron chi connectivity index (χ2n) is 4.91. The molecule has 0 nitrogen and oxygen atoms in total. The lowest BCUT2D eigenvalue weighted by atomic mass is 10.0. The molecule has 0 saturated heterocycles. The molecule has 1 atom stereocenters. The zero-order valence-electron chi connectivity index (χ0n) is 10.3. The molecule has 3 heteroatoms. The van der Waals surface area contributed by atoms with Gasteiger partial charge in [0, 0.05) is 4.47 Å². The van der Waals surface area contributed by atoms with Crippen molar-refractivity contribution in [3.05, 3.63) is 68.9 Å². The van der Waals surface area contributed by atoms with E-state index in [0.717, 1.165) is 16.5 Å². The Hall–Kier alpha value is -0.670. The molecule has 1 unspecified atom stereocenters. The fourth-order valence-corrected chi connectivity index (χ4v) is 4.08. The number of aryl methyl sites for hydroxylation is 2. The highest BCUT2D eigenvalue weighted by Gasteiger charge is 2.17. The summed E-state index contributed by atoms with van der Waals surface area (Å²) in [7, 11) is 0. The quantitative estimate of drug-likeness (QED) is 0.595. The molecule has 1 aliphatic carbocycles. The topological polar surface area (TPSA) is 0 Å². The predicted octanol–water partition coefficient (Wildman–Crippen LogP) is 5.56. The number of rotatable bonds is 2. The van der Waals surface area contributed by atoms with Gasteiger partial charge in [0.1, 0.15) is 5.82 Å². The first kappa shape index (κ1) is 13.3. The van der Waals surface area contributed by atoms with E-state index in [1.165, 1.54) is 35.6 Å². The lowest BCUT2D eigenvalue weighted by Gasteiger charge is -2.14. The van der Waals surface area contributed by atoms with Gasteiger partial charge in [-0.2, -0.15) is 0 Å². The fourth-order valence-electron chi connectivity index (χ4n) is 2.64. The van der Waals surface area contributed by atoms with E-state index >= 15 is 0 Å². The first-order valence-corrected chi connectivity index (χ1v) is 8.07. The highest BCUT2D eigenvalue weighted by atomic mass is 79.9. The van der Waals surface area contributed by atoms with Crippen molar-refractivity contribution >= 4 is 31.9 Å². The van der Waals surface area contributed by atoms with Crippen molar-refractivity contribution in [1.29, 1.82) is 0 Å². The summed E-state index contributed by atoms with van der Waals surface area (Å²) >= 11 is 7.18. The molecule has 0 aliphatic heterocycles. The van der Waals surface area contributed by atoms with Gasteiger partial charge in [0.15, 0.2) is 0 Å². The number of halogens is 3. The number of alkyl halides is 1. The highest BCUT2D eigenvalue weighted by Crippen LogP contribution is 2.37. The van der Waals surface area contributed by atoms with Gasteiger partial charge < -0.3 is 0 Å². The number of hydrogen-bond donors (Lipinski definition) is 0.